The molecule has 0 spiro atoms. The molecule has 122 valence electrons. The van der Waals surface area contributed by atoms with Crippen LogP contribution in [0.25, 0.3) is 0 Å². The van der Waals surface area contributed by atoms with Gasteiger partial charge < -0.3 is 14.8 Å². The van der Waals surface area contributed by atoms with E-state index < -0.39 is 0 Å². The Balaban J connectivity index is 2.27. The molecule has 1 aromatic rings. The Kier molecular flexibility index (Phi) is 8.19. The van der Waals surface area contributed by atoms with Crippen LogP contribution in [0.3, 0.4) is 0 Å². The van der Waals surface area contributed by atoms with Crippen molar-refractivity contribution in [3.05, 3.63) is 11.9 Å². The second-order valence-corrected chi connectivity index (χ2v) is 5.44. The number of rotatable bonds is 10. The highest BCUT2D eigenvalue weighted by Crippen LogP contribution is 1.99. The van der Waals surface area contributed by atoms with E-state index in [-0.39, 0.29) is 43.5 Å². The number of ketones is 1. The predicted molar refractivity (Wildman–Crippen MR) is 80.9 cm³/mol. The number of nitrogens with one attached hydrogen (secondary N) is 1. The number of aryl methyl sites for hydroxylation is 1. The van der Waals surface area contributed by atoms with Gasteiger partial charge in [0, 0.05) is 12.8 Å². The Labute approximate surface area is 133 Å². The molecule has 0 saturated heterocycles. The Bertz CT molecular complexity index is 518. The number of hydrogen-bond donors (Lipinski definition) is 1. The Hall–Kier alpha value is -1.90. The minimum absolute atomic E-state index is 0.0190. The summed E-state index contributed by atoms with van der Waals surface area (Å²) in [5, 5.41) is 10.4. The molecule has 0 aliphatic carbocycles. The maximum atomic E-state index is 11.5. The minimum Gasteiger partial charge on any atom is -0.455 e. The van der Waals surface area contributed by atoms with Gasteiger partial charge in [0.2, 0.25) is 5.91 Å². The summed E-state index contributed by atoms with van der Waals surface area (Å²) >= 11 is 1.43. The van der Waals surface area contributed by atoms with Crippen LogP contribution in [-0.4, -0.2) is 44.8 Å². The second-order valence-electron chi connectivity index (χ2n) is 4.62. The Morgan fingerprint density at radius 3 is 2.77 bits per heavy atom. The van der Waals surface area contributed by atoms with Crippen molar-refractivity contribution in [1.82, 2.24) is 20.3 Å². The minimum atomic E-state index is -0.288. The zero-order valence-corrected chi connectivity index (χ0v) is 13.5. The molecule has 0 aliphatic rings. The SMILES string of the molecule is CSCOC(=O)CCn1cc(CNC(=O)CCC(C)=O)nn1. The van der Waals surface area contributed by atoms with E-state index in [4.69, 9.17) is 4.74 Å². The lowest BCUT2D eigenvalue weighted by Crippen LogP contribution is -2.23. The number of thioether (sulfide) groups is 1. The molecule has 9 heteroatoms. The van der Waals surface area contributed by atoms with E-state index in [9.17, 15) is 14.4 Å². The van der Waals surface area contributed by atoms with Crippen molar-refractivity contribution in [2.75, 3.05) is 12.2 Å². The molecule has 0 aliphatic heterocycles. The van der Waals surface area contributed by atoms with Crippen LogP contribution in [0.2, 0.25) is 0 Å². The van der Waals surface area contributed by atoms with Crippen molar-refractivity contribution in [2.45, 2.75) is 39.3 Å². The summed E-state index contributed by atoms with van der Waals surface area (Å²) in [7, 11) is 0. The monoisotopic (exact) mass is 328 g/mol. The first kappa shape index (κ1) is 18.1. The van der Waals surface area contributed by atoms with Gasteiger partial charge in [-0.05, 0) is 13.2 Å². The number of amides is 1. The van der Waals surface area contributed by atoms with Gasteiger partial charge in [0.1, 0.15) is 17.4 Å². The normalized spacial score (nSPS) is 10.3. The van der Waals surface area contributed by atoms with E-state index in [1.807, 2.05) is 6.26 Å². The molecule has 1 amide bonds. The third kappa shape index (κ3) is 7.77. The third-order valence-electron chi connectivity index (χ3n) is 2.64. The standard InChI is InChI=1S/C13H20N4O4S/c1-10(18)3-4-12(19)14-7-11-8-17(16-15-11)6-5-13(20)21-9-22-2/h8H,3-7,9H2,1-2H3,(H,14,19). The molecular weight excluding hydrogens is 308 g/mol. The lowest BCUT2D eigenvalue weighted by Gasteiger charge is -2.02. The number of carbonyl (C=O) groups is 3. The van der Waals surface area contributed by atoms with Gasteiger partial charge in [0.05, 0.1) is 25.7 Å². The van der Waals surface area contributed by atoms with Crippen molar-refractivity contribution in [1.29, 1.82) is 0 Å². The fourth-order valence-corrected chi connectivity index (χ4v) is 1.75. The zero-order valence-electron chi connectivity index (χ0n) is 12.7. The first-order chi connectivity index (χ1) is 10.5. The van der Waals surface area contributed by atoms with E-state index in [0.29, 0.717) is 18.2 Å². The fourth-order valence-electron chi connectivity index (χ4n) is 1.50. The number of carbonyl (C=O) groups excluding carboxylic acids is 3. The van der Waals surface area contributed by atoms with E-state index in [1.165, 1.54) is 23.4 Å². The molecule has 0 atom stereocenters. The number of esters is 1. The molecule has 0 fully saturated rings. The second kappa shape index (κ2) is 9.93. The van der Waals surface area contributed by atoms with Gasteiger partial charge in [-0.1, -0.05) is 5.21 Å². The zero-order chi connectivity index (χ0) is 16.4. The van der Waals surface area contributed by atoms with E-state index >= 15 is 0 Å². The highest BCUT2D eigenvalue weighted by molar-refractivity contribution is 7.98. The Morgan fingerprint density at radius 1 is 1.32 bits per heavy atom. The average molecular weight is 328 g/mol. The molecule has 0 radical (unpaired) electrons. The van der Waals surface area contributed by atoms with Crippen molar-refractivity contribution in [3.63, 3.8) is 0 Å². The van der Waals surface area contributed by atoms with Crippen molar-refractivity contribution >= 4 is 29.4 Å². The topological polar surface area (TPSA) is 103 Å². The van der Waals surface area contributed by atoms with Crippen LogP contribution in [0.5, 0.6) is 0 Å². The van der Waals surface area contributed by atoms with Gasteiger partial charge in [-0.15, -0.1) is 16.9 Å². The van der Waals surface area contributed by atoms with Gasteiger partial charge in [0.25, 0.3) is 0 Å². The maximum absolute atomic E-state index is 11.5. The molecule has 1 rings (SSSR count). The van der Waals surface area contributed by atoms with Gasteiger partial charge in [-0.3, -0.25) is 14.3 Å². The lowest BCUT2D eigenvalue weighted by molar-refractivity contribution is -0.141. The third-order valence-corrected chi connectivity index (χ3v) is 2.99. The van der Waals surface area contributed by atoms with Gasteiger partial charge in [0.15, 0.2) is 0 Å². The summed E-state index contributed by atoms with van der Waals surface area (Å²) < 4.78 is 6.45. The van der Waals surface area contributed by atoms with Crippen LogP contribution in [0.1, 0.15) is 31.9 Å². The summed E-state index contributed by atoms with van der Waals surface area (Å²) in [6.07, 6.45) is 4.13. The predicted octanol–water partition coefficient (Wildman–Crippen LogP) is 0.517. The highest BCUT2D eigenvalue weighted by atomic mass is 32.2. The summed E-state index contributed by atoms with van der Waals surface area (Å²) in [6, 6.07) is 0. The number of hydrogen-bond acceptors (Lipinski definition) is 7. The highest BCUT2D eigenvalue weighted by Gasteiger charge is 2.07. The number of aromatic nitrogens is 3. The first-order valence-electron chi connectivity index (χ1n) is 6.81. The van der Waals surface area contributed by atoms with Crippen LogP contribution >= 0.6 is 11.8 Å². The van der Waals surface area contributed by atoms with E-state index in [1.54, 1.807) is 6.20 Å². The van der Waals surface area contributed by atoms with Crippen LogP contribution in [0.15, 0.2) is 6.20 Å². The van der Waals surface area contributed by atoms with Crippen LogP contribution in [0.4, 0.5) is 0 Å². The van der Waals surface area contributed by atoms with Gasteiger partial charge >= 0.3 is 5.97 Å². The smallest absolute Gasteiger partial charge is 0.308 e. The molecule has 22 heavy (non-hydrogen) atoms. The molecule has 0 saturated carbocycles. The van der Waals surface area contributed by atoms with Crippen molar-refractivity contribution < 1.29 is 19.1 Å². The summed E-state index contributed by atoms with van der Waals surface area (Å²) in [5.41, 5.74) is 0.591. The fraction of sp³-hybridized carbons (Fsp3) is 0.615. The molecule has 0 bridgehead atoms. The molecular formula is C13H20N4O4S. The molecule has 0 unspecified atom stereocenters. The van der Waals surface area contributed by atoms with E-state index in [0.717, 1.165) is 0 Å². The van der Waals surface area contributed by atoms with E-state index in [2.05, 4.69) is 15.6 Å². The van der Waals surface area contributed by atoms with Gasteiger partial charge in [-0.2, -0.15) is 0 Å². The first-order valence-corrected chi connectivity index (χ1v) is 8.20. The van der Waals surface area contributed by atoms with Crippen molar-refractivity contribution in [2.24, 2.45) is 0 Å². The molecule has 0 aromatic carbocycles. The molecule has 8 nitrogen and oxygen atoms in total. The molecule has 1 aromatic heterocycles. The average Bonchev–Trinajstić information content (AvgIpc) is 2.94. The summed E-state index contributed by atoms with van der Waals surface area (Å²) in [6.45, 7) is 2.06. The Morgan fingerprint density at radius 2 is 2.09 bits per heavy atom. The largest absolute Gasteiger partial charge is 0.455 e. The summed E-state index contributed by atoms with van der Waals surface area (Å²) in [4.78, 5) is 33.6. The number of Topliss-reactive ketones (excluding diaryl/α,β-unsaturated/α-hetero) is 1. The molecule has 1 heterocycles. The quantitative estimate of drug-likeness (QED) is 0.493. The van der Waals surface area contributed by atoms with Crippen molar-refractivity contribution in [3.8, 4) is 0 Å². The van der Waals surface area contributed by atoms with Crippen LogP contribution < -0.4 is 5.32 Å². The number of ether oxygens (including phenoxy) is 1. The van der Waals surface area contributed by atoms with Crippen LogP contribution in [0, 0.1) is 0 Å². The number of nitrogens with zero attached hydrogens (tertiary/aromatic N) is 3. The molecule has 1 N–H and O–H groups in total. The summed E-state index contributed by atoms with van der Waals surface area (Å²) in [5.74, 6) is -0.169. The van der Waals surface area contributed by atoms with Crippen LogP contribution in [-0.2, 0) is 32.2 Å². The maximum Gasteiger partial charge on any atom is 0.308 e. The lowest BCUT2D eigenvalue weighted by atomic mass is 10.2. The van der Waals surface area contributed by atoms with Gasteiger partial charge in [-0.25, -0.2) is 0 Å².